The summed E-state index contributed by atoms with van der Waals surface area (Å²) in [5, 5.41) is 37.7. The molecule has 6 N–H and O–H groups in total. The van der Waals surface area contributed by atoms with E-state index in [1.165, 1.54) is 12.1 Å². The van der Waals surface area contributed by atoms with E-state index in [1.54, 1.807) is 24.3 Å². The van der Waals surface area contributed by atoms with Gasteiger partial charge in [0.2, 0.25) is 10.0 Å². The van der Waals surface area contributed by atoms with Gasteiger partial charge in [0.1, 0.15) is 5.75 Å². The van der Waals surface area contributed by atoms with Gasteiger partial charge in [0.05, 0.1) is 30.8 Å². The molecular formula is C26H32N2O6S. The SMILES string of the molecule is NS(=O)(=O)c1cccc(CCOCc2cccc(CCNC[C@H](O)c3ccc(O)c(CO)c3)c2)c1. The van der Waals surface area contributed by atoms with Gasteiger partial charge in [-0.2, -0.15) is 0 Å². The summed E-state index contributed by atoms with van der Waals surface area (Å²) in [4.78, 5) is 0.0989. The molecule has 0 unspecified atom stereocenters. The maximum Gasteiger partial charge on any atom is 0.238 e. The van der Waals surface area contributed by atoms with Crippen LogP contribution >= 0.6 is 0 Å². The quantitative estimate of drug-likeness (QED) is 0.226. The van der Waals surface area contributed by atoms with Gasteiger partial charge in [-0.1, -0.05) is 42.5 Å². The second-order valence-electron chi connectivity index (χ2n) is 8.33. The summed E-state index contributed by atoms with van der Waals surface area (Å²) in [6.45, 7) is 1.64. The first kappa shape index (κ1) is 26.8. The molecule has 0 aliphatic rings. The van der Waals surface area contributed by atoms with Gasteiger partial charge >= 0.3 is 0 Å². The minimum Gasteiger partial charge on any atom is -0.508 e. The van der Waals surface area contributed by atoms with E-state index in [2.05, 4.69) is 11.4 Å². The van der Waals surface area contributed by atoms with Gasteiger partial charge in [0.25, 0.3) is 0 Å². The molecule has 0 fully saturated rings. The molecule has 9 heteroatoms. The summed E-state index contributed by atoms with van der Waals surface area (Å²) in [5.41, 5.74) is 4.05. The summed E-state index contributed by atoms with van der Waals surface area (Å²) in [5.74, 6) is 0.0107. The van der Waals surface area contributed by atoms with Gasteiger partial charge in [-0.3, -0.25) is 0 Å². The summed E-state index contributed by atoms with van der Waals surface area (Å²) in [6, 6.07) is 19.3. The highest BCUT2D eigenvalue weighted by atomic mass is 32.2. The number of phenols is 1. The second-order valence-corrected chi connectivity index (χ2v) is 9.89. The summed E-state index contributed by atoms with van der Waals surface area (Å²) >= 11 is 0. The van der Waals surface area contributed by atoms with Crippen molar-refractivity contribution in [3.05, 3.63) is 94.5 Å². The zero-order valence-electron chi connectivity index (χ0n) is 19.4. The minimum atomic E-state index is -3.72. The van der Waals surface area contributed by atoms with Crippen LogP contribution in [-0.4, -0.2) is 43.4 Å². The summed E-state index contributed by atoms with van der Waals surface area (Å²) in [6.07, 6.45) is 0.611. The Kier molecular flexibility index (Phi) is 9.79. The highest BCUT2D eigenvalue weighted by Gasteiger charge is 2.10. The Morgan fingerprint density at radius 1 is 0.943 bits per heavy atom. The third-order valence-corrected chi connectivity index (χ3v) is 6.52. The van der Waals surface area contributed by atoms with Crippen LogP contribution < -0.4 is 10.5 Å². The van der Waals surface area contributed by atoms with Gasteiger partial charge in [0.15, 0.2) is 0 Å². The van der Waals surface area contributed by atoms with Crippen molar-refractivity contribution in [1.82, 2.24) is 5.32 Å². The maximum absolute atomic E-state index is 11.5. The van der Waals surface area contributed by atoms with Crippen LogP contribution in [0.25, 0.3) is 0 Å². The topological polar surface area (TPSA) is 142 Å². The van der Waals surface area contributed by atoms with E-state index in [0.717, 1.165) is 23.1 Å². The van der Waals surface area contributed by atoms with E-state index < -0.39 is 16.1 Å². The Morgan fingerprint density at radius 2 is 1.66 bits per heavy atom. The largest absolute Gasteiger partial charge is 0.508 e. The first-order valence-corrected chi connectivity index (χ1v) is 12.9. The molecule has 0 spiro atoms. The molecule has 0 aromatic heterocycles. The van der Waals surface area contributed by atoms with Crippen molar-refractivity contribution < 1.29 is 28.5 Å². The number of aliphatic hydroxyl groups is 2. The summed E-state index contributed by atoms with van der Waals surface area (Å²) < 4.78 is 28.7. The van der Waals surface area contributed by atoms with Gasteiger partial charge in [-0.05, 0) is 65.9 Å². The lowest BCUT2D eigenvalue weighted by atomic mass is 10.0. The number of rotatable bonds is 13. The summed E-state index contributed by atoms with van der Waals surface area (Å²) in [7, 11) is -3.72. The molecule has 0 amide bonds. The highest BCUT2D eigenvalue weighted by molar-refractivity contribution is 7.89. The zero-order chi connectivity index (χ0) is 25.3. The molecule has 1 atom stereocenters. The lowest BCUT2D eigenvalue weighted by molar-refractivity contribution is 0.124. The second kappa shape index (κ2) is 12.8. The van der Waals surface area contributed by atoms with Crippen molar-refractivity contribution in [1.29, 1.82) is 0 Å². The van der Waals surface area contributed by atoms with Crippen molar-refractivity contribution in [3.8, 4) is 5.75 Å². The van der Waals surface area contributed by atoms with Crippen LogP contribution in [0, 0.1) is 0 Å². The maximum atomic E-state index is 11.5. The molecule has 0 saturated carbocycles. The number of nitrogens with two attached hydrogens (primary N) is 1. The molecule has 0 bridgehead atoms. The Bertz CT molecular complexity index is 1220. The molecule has 188 valence electrons. The number of nitrogens with one attached hydrogen (secondary N) is 1. The molecule has 0 aliphatic heterocycles. The zero-order valence-corrected chi connectivity index (χ0v) is 20.2. The fourth-order valence-corrected chi connectivity index (χ4v) is 4.25. The van der Waals surface area contributed by atoms with E-state index in [4.69, 9.17) is 9.88 Å². The van der Waals surface area contributed by atoms with E-state index in [0.29, 0.717) is 43.9 Å². The monoisotopic (exact) mass is 500 g/mol. The van der Waals surface area contributed by atoms with E-state index in [-0.39, 0.29) is 17.3 Å². The smallest absolute Gasteiger partial charge is 0.238 e. The molecule has 0 radical (unpaired) electrons. The molecule has 0 saturated heterocycles. The first-order chi connectivity index (χ1) is 16.8. The van der Waals surface area contributed by atoms with E-state index in [1.807, 2.05) is 24.3 Å². The number of hydrogen-bond donors (Lipinski definition) is 5. The lowest BCUT2D eigenvalue weighted by Gasteiger charge is -2.14. The highest BCUT2D eigenvalue weighted by Crippen LogP contribution is 2.22. The minimum absolute atomic E-state index is 0.0107. The number of aromatic hydroxyl groups is 1. The van der Waals surface area contributed by atoms with Crippen molar-refractivity contribution in [2.24, 2.45) is 5.14 Å². The van der Waals surface area contributed by atoms with Crippen molar-refractivity contribution in [2.75, 3.05) is 19.7 Å². The van der Waals surface area contributed by atoms with Crippen LogP contribution in [0.2, 0.25) is 0 Å². The predicted octanol–water partition coefficient (Wildman–Crippen LogP) is 2.16. The number of hydrogen-bond acceptors (Lipinski definition) is 7. The van der Waals surface area contributed by atoms with Crippen LogP contribution in [-0.2, 0) is 40.8 Å². The fraction of sp³-hybridized carbons (Fsp3) is 0.308. The van der Waals surface area contributed by atoms with Gasteiger partial charge < -0.3 is 25.4 Å². The molecule has 3 aromatic rings. The molecular weight excluding hydrogens is 468 g/mol. The number of primary sulfonamides is 1. The average Bonchev–Trinajstić information content (AvgIpc) is 2.84. The van der Waals surface area contributed by atoms with Crippen molar-refractivity contribution in [3.63, 3.8) is 0 Å². The van der Waals surface area contributed by atoms with Crippen molar-refractivity contribution >= 4 is 10.0 Å². The Morgan fingerprint density at radius 3 is 2.40 bits per heavy atom. The van der Waals surface area contributed by atoms with Gasteiger partial charge in [-0.25, -0.2) is 13.6 Å². The molecule has 0 heterocycles. The van der Waals surface area contributed by atoms with Crippen molar-refractivity contribution in [2.45, 2.75) is 37.1 Å². The standard InChI is InChI=1S/C26H32N2O6S/c27-35(32,33)24-6-2-4-20(14-24)10-12-34-18-21-5-1-3-19(13-21)9-11-28-16-26(31)22-7-8-25(30)23(15-22)17-29/h1-8,13-15,26,28-31H,9-12,16-18H2,(H2,27,32,33)/t26-/m0/s1. The van der Waals surface area contributed by atoms with E-state index in [9.17, 15) is 23.7 Å². The average molecular weight is 501 g/mol. The Hall–Kier alpha value is -2.79. The number of ether oxygens (including phenoxy) is 1. The molecule has 3 aromatic carbocycles. The molecule has 8 nitrogen and oxygen atoms in total. The third-order valence-electron chi connectivity index (χ3n) is 5.61. The molecule has 3 rings (SSSR count). The fourth-order valence-electron chi connectivity index (χ4n) is 3.66. The Balaban J connectivity index is 1.40. The number of benzene rings is 3. The van der Waals surface area contributed by atoms with Crippen LogP contribution in [0.15, 0.2) is 71.6 Å². The van der Waals surface area contributed by atoms with E-state index >= 15 is 0 Å². The number of aliphatic hydroxyl groups excluding tert-OH is 2. The van der Waals surface area contributed by atoms with Crippen LogP contribution in [0.4, 0.5) is 0 Å². The van der Waals surface area contributed by atoms with Gasteiger partial charge in [-0.15, -0.1) is 0 Å². The van der Waals surface area contributed by atoms with Crippen LogP contribution in [0.5, 0.6) is 5.75 Å². The predicted molar refractivity (Wildman–Crippen MR) is 133 cm³/mol. The third kappa shape index (κ3) is 8.43. The normalized spacial score (nSPS) is 12.5. The molecule has 0 aliphatic carbocycles. The van der Waals surface area contributed by atoms with Crippen LogP contribution in [0.3, 0.4) is 0 Å². The molecule has 35 heavy (non-hydrogen) atoms. The Labute approximate surface area is 206 Å². The first-order valence-electron chi connectivity index (χ1n) is 11.3. The lowest BCUT2D eigenvalue weighted by Crippen LogP contribution is -2.23. The van der Waals surface area contributed by atoms with Crippen LogP contribution in [0.1, 0.15) is 33.9 Å². The van der Waals surface area contributed by atoms with Gasteiger partial charge in [0, 0.05) is 12.1 Å². The number of sulfonamides is 1.